The van der Waals surface area contributed by atoms with E-state index in [1.54, 1.807) is 0 Å². The normalized spacial score (nSPS) is 11.2. The molecule has 12 heavy (non-hydrogen) atoms. The van der Waals surface area contributed by atoms with Crippen molar-refractivity contribution >= 4 is 5.52 Å². The third kappa shape index (κ3) is 0.998. The molecule has 0 saturated heterocycles. The Morgan fingerprint density at radius 2 is 2.17 bits per heavy atom. The number of pyridine rings is 1. The van der Waals surface area contributed by atoms with Crippen LogP contribution in [0.4, 0.5) is 0 Å². The van der Waals surface area contributed by atoms with Gasteiger partial charge in [0.25, 0.3) is 0 Å². The average molecular weight is 160 g/mol. The fourth-order valence-electron chi connectivity index (χ4n) is 1.39. The Kier molecular flexibility index (Phi) is 1.61. The van der Waals surface area contributed by atoms with Crippen LogP contribution in [0.2, 0.25) is 0 Å². The maximum absolute atomic E-state index is 4.36. The zero-order valence-electron chi connectivity index (χ0n) is 7.36. The van der Waals surface area contributed by atoms with E-state index in [4.69, 9.17) is 0 Å². The zero-order valence-corrected chi connectivity index (χ0v) is 7.36. The van der Waals surface area contributed by atoms with Crippen molar-refractivity contribution in [2.75, 3.05) is 0 Å². The minimum absolute atomic E-state index is 0.481. The number of rotatable bonds is 1. The van der Waals surface area contributed by atoms with E-state index in [1.807, 2.05) is 18.3 Å². The molecular weight excluding hydrogens is 148 g/mol. The second kappa shape index (κ2) is 2.63. The molecule has 0 aromatic carbocycles. The summed E-state index contributed by atoms with van der Waals surface area (Å²) in [6.45, 7) is 4.31. The first kappa shape index (κ1) is 7.35. The van der Waals surface area contributed by atoms with E-state index < -0.39 is 0 Å². The van der Waals surface area contributed by atoms with Crippen LogP contribution >= 0.6 is 0 Å². The van der Waals surface area contributed by atoms with Crippen LogP contribution in [-0.4, -0.2) is 9.38 Å². The lowest BCUT2D eigenvalue weighted by Crippen LogP contribution is -1.95. The Hall–Kier alpha value is -1.31. The molecule has 0 fully saturated rings. The van der Waals surface area contributed by atoms with Gasteiger partial charge in [-0.25, -0.2) is 4.98 Å². The van der Waals surface area contributed by atoms with E-state index >= 15 is 0 Å². The topological polar surface area (TPSA) is 17.3 Å². The molecule has 0 unspecified atom stereocenters. The minimum Gasteiger partial charge on any atom is -0.304 e. The summed E-state index contributed by atoms with van der Waals surface area (Å²) in [6, 6.07) is 6.13. The molecule has 0 aliphatic carbocycles. The first-order valence-electron chi connectivity index (χ1n) is 4.21. The summed E-state index contributed by atoms with van der Waals surface area (Å²) in [6.07, 6.45) is 3.97. The SMILES string of the molecule is CC(C)c1ncc2ccccn12. The standard InChI is InChI=1S/C10H12N2/c1-8(2)10-11-7-9-5-3-4-6-12(9)10/h3-8H,1-2H3. The fourth-order valence-corrected chi connectivity index (χ4v) is 1.39. The lowest BCUT2D eigenvalue weighted by molar-refractivity contribution is 0.770. The van der Waals surface area contributed by atoms with Gasteiger partial charge in [-0.2, -0.15) is 0 Å². The van der Waals surface area contributed by atoms with E-state index in [9.17, 15) is 0 Å². The molecule has 2 aromatic heterocycles. The smallest absolute Gasteiger partial charge is 0.115 e. The van der Waals surface area contributed by atoms with Crippen molar-refractivity contribution in [2.24, 2.45) is 0 Å². The molecule has 0 aliphatic rings. The molecule has 0 amide bonds. The van der Waals surface area contributed by atoms with Gasteiger partial charge < -0.3 is 4.40 Å². The molecule has 2 aromatic rings. The monoisotopic (exact) mass is 160 g/mol. The molecule has 0 atom stereocenters. The van der Waals surface area contributed by atoms with Gasteiger partial charge in [0.15, 0.2) is 0 Å². The molecule has 2 rings (SSSR count). The number of fused-ring (bicyclic) bond motifs is 1. The van der Waals surface area contributed by atoms with Gasteiger partial charge in [-0.05, 0) is 12.1 Å². The molecule has 0 bridgehead atoms. The Labute approximate surface area is 71.9 Å². The van der Waals surface area contributed by atoms with Gasteiger partial charge in [0.1, 0.15) is 5.82 Å². The van der Waals surface area contributed by atoms with Gasteiger partial charge in [-0.3, -0.25) is 0 Å². The molecular formula is C10H12N2. The van der Waals surface area contributed by atoms with Crippen LogP contribution in [0.1, 0.15) is 25.6 Å². The fraction of sp³-hybridized carbons (Fsp3) is 0.300. The molecule has 0 spiro atoms. The third-order valence-corrected chi connectivity index (χ3v) is 1.98. The zero-order chi connectivity index (χ0) is 8.55. The first-order chi connectivity index (χ1) is 5.79. The van der Waals surface area contributed by atoms with E-state index in [0.717, 1.165) is 5.82 Å². The van der Waals surface area contributed by atoms with Gasteiger partial charge in [-0.15, -0.1) is 0 Å². The van der Waals surface area contributed by atoms with Crippen molar-refractivity contribution in [2.45, 2.75) is 19.8 Å². The predicted octanol–water partition coefficient (Wildman–Crippen LogP) is 2.46. The summed E-state index contributed by atoms with van der Waals surface area (Å²) in [7, 11) is 0. The van der Waals surface area contributed by atoms with Crippen LogP contribution in [0, 0.1) is 0 Å². The predicted molar refractivity (Wildman–Crippen MR) is 49.3 cm³/mol. The lowest BCUT2D eigenvalue weighted by atomic mass is 10.2. The molecule has 2 heteroatoms. The van der Waals surface area contributed by atoms with Crippen molar-refractivity contribution in [3.05, 3.63) is 36.4 Å². The van der Waals surface area contributed by atoms with Gasteiger partial charge in [-0.1, -0.05) is 19.9 Å². The van der Waals surface area contributed by atoms with Crippen molar-refractivity contribution < 1.29 is 0 Å². The number of imidazole rings is 1. The Morgan fingerprint density at radius 1 is 1.33 bits per heavy atom. The van der Waals surface area contributed by atoms with E-state index in [0.29, 0.717) is 5.92 Å². The van der Waals surface area contributed by atoms with Crippen LogP contribution in [0.15, 0.2) is 30.6 Å². The van der Waals surface area contributed by atoms with Crippen molar-refractivity contribution in [1.29, 1.82) is 0 Å². The third-order valence-electron chi connectivity index (χ3n) is 1.98. The summed E-state index contributed by atoms with van der Waals surface area (Å²) in [5, 5.41) is 0. The Balaban J connectivity index is 2.70. The average Bonchev–Trinajstić information content (AvgIpc) is 2.47. The molecule has 0 N–H and O–H groups in total. The molecule has 0 saturated carbocycles. The highest BCUT2D eigenvalue weighted by Gasteiger charge is 2.05. The van der Waals surface area contributed by atoms with E-state index in [-0.39, 0.29) is 0 Å². The van der Waals surface area contributed by atoms with E-state index in [1.165, 1.54) is 5.52 Å². The highest BCUT2D eigenvalue weighted by molar-refractivity contribution is 5.45. The second-order valence-corrected chi connectivity index (χ2v) is 3.27. The maximum atomic E-state index is 4.36. The Morgan fingerprint density at radius 3 is 2.92 bits per heavy atom. The van der Waals surface area contributed by atoms with Gasteiger partial charge in [0, 0.05) is 12.1 Å². The molecule has 0 radical (unpaired) electrons. The van der Waals surface area contributed by atoms with Crippen molar-refractivity contribution in [3.63, 3.8) is 0 Å². The van der Waals surface area contributed by atoms with Gasteiger partial charge in [0.05, 0.1) is 11.7 Å². The van der Waals surface area contributed by atoms with Crippen LogP contribution in [0.3, 0.4) is 0 Å². The van der Waals surface area contributed by atoms with Gasteiger partial charge >= 0.3 is 0 Å². The molecule has 2 nitrogen and oxygen atoms in total. The van der Waals surface area contributed by atoms with Crippen LogP contribution in [0.5, 0.6) is 0 Å². The summed E-state index contributed by atoms with van der Waals surface area (Å²) in [4.78, 5) is 4.36. The highest BCUT2D eigenvalue weighted by atomic mass is 15.0. The van der Waals surface area contributed by atoms with Crippen molar-refractivity contribution in [3.8, 4) is 0 Å². The highest BCUT2D eigenvalue weighted by Crippen LogP contribution is 2.14. The second-order valence-electron chi connectivity index (χ2n) is 3.27. The summed E-state index contributed by atoms with van der Waals surface area (Å²) >= 11 is 0. The lowest BCUT2D eigenvalue weighted by Gasteiger charge is -2.02. The number of nitrogens with zero attached hydrogens (tertiary/aromatic N) is 2. The number of aromatic nitrogens is 2. The summed E-state index contributed by atoms with van der Waals surface area (Å²) < 4.78 is 2.13. The van der Waals surface area contributed by atoms with Gasteiger partial charge in [0.2, 0.25) is 0 Å². The molecule has 0 aliphatic heterocycles. The summed E-state index contributed by atoms with van der Waals surface area (Å²) in [5.41, 5.74) is 1.17. The molecule has 2 heterocycles. The Bertz CT molecular complexity index is 387. The largest absolute Gasteiger partial charge is 0.304 e. The van der Waals surface area contributed by atoms with Crippen LogP contribution in [-0.2, 0) is 0 Å². The van der Waals surface area contributed by atoms with Crippen LogP contribution < -0.4 is 0 Å². The van der Waals surface area contributed by atoms with E-state index in [2.05, 4.69) is 35.5 Å². The minimum atomic E-state index is 0.481. The van der Waals surface area contributed by atoms with Crippen LogP contribution in [0.25, 0.3) is 5.52 Å². The first-order valence-corrected chi connectivity index (χ1v) is 4.21. The summed E-state index contributed by atoms with van der Waals surface area (Å²) in [5.74, 6) is 1.61. The number of hydrogen-bond acceptors (Lipinski definition) is 1. The van der Waals surface area contributed by atoms with Crippen molar-refractivity contribution in [1.82, 2.24) is 9.38 Å². The molecule has 62 valence electrons. The number of hydrogen-bond donors (Lipinski definition) is 0. The maximum Gasteiger partial charge on any atom is 0.115 e. The quantitative estimate of drug-likeness (QED) is 0.626.